The molecule has 0 saturated carbocycles. The Balaban J connectivity index is 1.99. The van der Waals surface area contributed by atoms with Gasteiger partial charge in [-0.1, -0.05) is 126 Å². The third kappa shape index (κ3) is 26.1. The maximum absolute atomic E-state index is 6.51. The Labute approximate surface area is 323 Å². The third-order valence-corrected chi connectivity index (χ3v) is 8.70. The normalized spacial score (nSPS) is 13.2. The minimum absolute atomic E-state index is 0.114. The summed E-state index contributed by atoms with van der Waals surface area (Å²) in [7, 11) is 0. The highest BCUT2D eigenvalue weighted by Gasteiger charge is 2.15. The van der Waals surface area contributed by atoms with Crippen LogP contribution in [0.3, 0.4) is 0 Å². The Morgan fingerprint density at radius 3 is 1.13 bits per heavy atom. The molecule has 0 fully saturated rings. The Morgan fingerprint density at radius 1 is 0.434 bits per heavy atom. The Morgan fingerprint density at radius 2 is 0.792 bits per heavy atom. The van der Waals surface area contributed by atoms with Gasteiger partial charge in [-0.25, -0.2) is 0 Å². The maximum Gasteiger partial charge on any atom is 0.180 e. The van der Waals surface area contributed by atoms with E-state index in [1.165, 1.54) is 0 Å². The molecule has 2 rings (SSSR count). The van der Waals surface area contributed by atoms with Crippen LogP contribution in [-0.4, -0.2) is 51.6 Å². The van der Waals surface area contributed by atoms with Crippen LogP contribution in [0.15, 0.2) is 85.0 Å². The van der Waals surface area contributed by atoms with Crippen molar-refractivity contribution in [2.24, 2.45) is 0 Å². The zero-order valence-corrected chi connectivity index (χ0v) is 33.8. The standard InChI is InChI=1S/C46H74O7/c1-5-9-35-47-43(48-36-10-6-2)31-23-13-15-25-33-45(51-39-41-27-19-17-20-28-41)53-46(52-40-42-29-21-18-22-30-42)34-26-16-14-24-32-44(49-37-11-7-3)50-38-12-8-4/h17-22,25-30,33-34,43-46H,5-16,23-24,31-32,35-40H2,1-4H3. The molecule has 300 valence electrons. The second-order valence-electron chi connectivity index (χ2n) is 13.6. The summed E-state index contributed by atoms with van der Waals surface area (Å²) in [6, 6.07) is 20.4. The van der Waals surface area contributed by atoms with E-state index in [4.69, 9.17) is 33.2 Å². The molecule has 0 saturated heterocycles. The minimum atomic E-state index is -0.565. The van der Waals surface area contributed by atoms with Gasteiger partial charge in [0.1, 0.15) is 0 Å². The second-order valence-corrected chi connectivity index (χ2v) is 13.6. The van der Waals surface area contributed by atoms with Gasteiger partial charge in [0, 0.05) is 26.4 Å². The van der Waals surface area contributed by atoms with E-state index in [9.17, 15) is 0 Å². The molecule has 0 bridgehead atoms. The molecule has 0 heterocycles. The predicted octanol–water partition coefficient (Wildman–Crippen LogP) is 12.2. The first-order valence-corrected chi connectivity index (χ1v) is 20.9. The highest BCUT2D eigenvalue weighted by molar-refractivity contribution is 5.14. The molecule has 0 radical (unpaired) electrons. The number of benzene rings is 2. The zero-order valence-electron chi connectivity index (χ0n) is 33.8. The first-order chi connectivity index (χ1) is 26.2. The molecule has 7 nitrogen and oxygen atoms in total. The van der Waals surface area contributed by atoms with Crippen LogP contribution in [0.2, 0.25) is 0 Å². The summed E-state index contributed by atoms with van der Waals surface area (Å²) >= 11 is 0. The van der Waals surface area contributed by atoms with Gasteiger partial charge in [0.15, 0.2) is 25.2 Å². The molecule has 0 aliphatic rings. The lowest BCUT2D eigenvalue weighted by Crippen LogP contribution is -2.24. The summed E-state index contributed by atoms with van der Waals surface area (Å²) in [4.78, 5) is 0. The molecule has 0 aromatic heterocycles. The minimum Gasteiger partial charge on any atom is -0.353 e. The largest absolute Gasteiger partial charge is 0.353 e. The fourth-order valence-electron chi connectivity index (χ4n) is 5.34. The molecule has 0 amide bonds. The van der Waals surface area contributed by atoms with E-state index >= 15 is 0 Å². The number of hydrogen-bond donors (Lipinski definition) is 0. The molecular weight excluding hydrogens is 664 g/mol. The molecule has 0 spiro atoms. The van der Waals surface area contributed by atoms with Crippen LogP contribution in [0.4, 0.5) is 0 Å². The summed E-state index contributed by atoms with van der Waals surface area (Å²) in [6.07, 6.45) is 23.6. The van der Waals surface area contributed by atoms with Gasteiger partial charge < -0.3 is 33.2 Å². The average molecular weight is 739 g/mol. The number of allylic oxidation sites excluding steroid dienone is 2. The van der Waals surface area contributed by atoms with E-state index in [0.717, 1.165) is 140 Å². The molecular formula is C46H74O7. The van der Waals surface area contributed by atoms with Crippen molar-refractivity contribution in [2.75, 3.05) is 26.4 Å². The molecule has 0 aliphatic carbocycles. The Hall–Kier alpha value is -2.36. The lowest BCUT2D eigenvalue weighted by Gasteiger charge is -2.22. The third-order valence-electron chi connectivity index (χ3n) is 8.70. The molecule has 2 atom stereocenters. The highest BCUT2D eigenvalue weighted by Crippen LogP contribution is 2.16. The summed E-state index contributed by atoms with van der Waals surface area (Å²) in [6.45, 7) is 12.7. The average Bonchev–Trinajstić information content (AvgIpc) is 3.18. The zero-order chi connectivity index (χ0) is 37.9. The molecule has 2 aromatic rings. The fourth-order valence-corrected chi connectivity index (χ4v) is 5.34. The number of ether oxygens (including phenoxy) is 7. The van der Waals surface area contributed by atoms with Crippen LogP contribution in [0.1, 0.15) is 142 Å². The van der Waals surface area contributed by atoms with Crippen LogP contribution in [0.5, 0.6) is 0 Å². The van der Waals surface area contributed by atoms with E-state index < -0.39 is 12.6 Å². The van der Waals surface area contributed by atoms with Gasteiger partial charge in [0.25, 0.3) is 0 Å². The van der Waals surface area contributed by atoms with Crippen LogP contribution in [0, 0.1) is 0 Å². The van der Waals surface area contributed by atoms with E-state index in [1.807, 2.05) is 48.6 Å². The summed E-state index contributed by atoms with van der Waals surface area (Å²) < 4.78 is 43.3. The highest BCUT2D eigenvalue weighted by atomic mass is 16.8. The first-order valence-electron chi connectivity index (χ1n) is 20.9. The van der Waals surface area contributed by atoms with E-state index in [-0.39, 0.29) is 12.6 Å². The van der Waals surface area contributed by atoms with E-state index in [0.29, 0.717) is 13.2 Å². The van der Waals surface area contributed by atoms with Crippen molar-refractivity contribution in [3.8, 4) is 0 Å². The van der Waals surface area contributed by atoms with Crippen LogP contribution in [0.25, 0.3) is 0 Å². The predicted molar refractivity (Wildman–Crippen MR) is 217 cm³/mol. The van der Waals surface area contributed by atoms with Gasteiger partial charge in [-0.05, 0) is 100 Å². The Kier molecular flexibility index (Phi) is 30.2. The molecule has 53 heavy (non-hydrogen) atoms. The molecule has 0 aliphatic heterocycles. The molecule has 2 unspecified atom stereocenters. The number of hydrogen-bond acceptors (Lipinski definition) is 7. The topological polar surface area (TPSA) is 64.6 Å². The van der Waals surface area contributed by atoms with Gasteiger partial charge in [-0.2, -0.15) is 0 Å². The van der Waals surface area contributed by atoms with Crippen molar-refractivity contribution < 1.29 is 33.2 Å². The van der Waals surface area contributed by atoms with E-state index in [1.54, 1.807) is 0 Å². The van der Waals surface area contributed by atoms with Crippen molar-refractivity contribution in [1.29, 1.82) is 0 Å². The molecule has 0 N–H and O–H groups in total. The first kappa shape index (κ1) is 46.8. The number of unbranched alkanes of at least 4 members (excludes halogenated alkanes) is 8. The monoisotopic (exact) mass is 739 g/mol. The quantitative estimate of drug-likeness (QED) is 0.0392. The van der Waals surface area contributed by atoms with Crippen molar-refractivity contribution in [2.45, 2.75) is 169 Å². The SMILES string of the molecule is CCCCOC(CCCCC=CC(OCc1ccccc1)OC(C=CCCCCC(OCCCC)OCCCC)OCc1ccccc1)OCCCC. The lowest BCUT2D eigenvalue weighted by molar-refractivity contribution is -0.215. The molecule has 7 heteroatoms. The second kappa shape index (κ2) is 34.2. The van der Waals surface area contributed by atoms with Gasteiger partial charge >= 0.3 is 0 Å². The van der Waals surface area contributed by atoms with Crippen molar-refractivity contribution in [1.82, 2.24) is 0 Å². The van der Waals surface area contributed by atoms with Crippen LogP contribution in [-0.2, 0) is 46.4 Å². The fraction of sp³-hybridized carbons (Fsp3) is 0.652. The molecule has 2 aromatic carbocycles. The summed E-state index contributed by atoms with van der Waals surface area (Å²) in [5.74, 6) is 0. The van der Waals surface area contributed by atoms with Crippen LogP contribution < -0.4 is 0 Å². The van der Waals surface area contributed by atoms with Gasteiger partial charge in [-0.15, -0.1) is 0 Å². The van der Waals surface area contributed by atoms with Gasteiger partial charge in [-0.3, -0.25) is 0 Å². The Bertz CT molecular complexity index is 1000. The maximum atomic E-state index is 6.51. The van der Waals surface area contributed by atoms with Crippen molar-refractivity contribution >= 4 is 0 Å². The van der Waals surface area contributed by atoms with Gasteiger partial charge in [0.2, 0.25) is 0 Å². The van der Waals surface area contributed by atoms with Crippen LogP contribution >= 0.6 is 0 Å². The number of rotatable bonds is 36. The van der Waals surface area contributed by atoms with Crippen molar-refractivity contribution in [3.63, 3.8) is 0 Å². The smallest absolute Gasteiger partial charge is 0.180 e. The summed E-state index contributed by atoms with van der Waals surface area (Å²) in [5.41, 5.74) is 2.19. The van der Waals surface area contributed by atoms with E-state index in [2.05, 4.69) is 64.1 Å². The van der Waals surface area contributed by atoms with Gasteiger partial charge in [0.05, 0.1) is 13.2 Å². The lowest BCUT2D eigenvalue weighted by atomic mass is 10.1. The van der Waals surface area contributed by atoms with Crippen molar-refractivity contribution in [3.05, 3.63) is 96.1 Å². The summed E-state index contributed by atoms with van der Waals surface area (Å²) in [5, 5.41) is 0.